The van der Waals surface area contributed by atoms with E-state index in [1.54, 1.807) is 26.8 Å². The van der Waals surface area contributed by atoms with Gasteiger partial charge in [0.15, 0.2) is 0 Å². The Balaban J connectivity index is 2.08. The van der Waals surface area contributed by atoms with Crippen LogP contribution in [0.25, 0.3) is 0 Å². The third-order valence-corrected chi connectivity index (χ3v) is 7.06. The van der Waals surface area contributed by atoms with Gasteiger partial charge in [0.25, 0.3) is 10.0 Å². The monoisotopic (exact) mass is 449 g/mol. The van der Waals surface area contributed by atoms with Gasteiger partial charge >= 0.3 is 12.0 Å². The second kappa shape index (κ2) is 8.18. The van der Waals surface area contributed by atoms with E-state index >= 15 is 0 Å². The van der Waals surface area contributed by atoms with Crippen LogP contribution in [0.5, 0.6) is 0 Å². The van der Waals surface area contributed by atoms with Crippen molar-refractivity contribution in [2.24, 2.45) is 0 Å². The number of amides is 2. The van der Waals surface area contributed by atoms with Gasteiger partial charge in [-0.25, -0.2) is 17.6 Å². The number of hydrogen-bond donors (Lipinski definition) is 3. The first-order chi connectivity index (χ1) is 14.4. The number of carboxylic acid groups (broad SMARTS) is 1. The molecule has 2 aromatic carbocycles. The summed E-state index contributed by atoms with van der Waals surface area (Å²) in [5.41, 5.74) is 2.37. The van der Waals surface area contributed by atoms with Crippen molar-refractivity contribution in [1.29, 1.82) is 0 Å². The molecule has 1 saturated heterocycles. The van der Waals surface area contributed by atoms with E-state index in [1.165, 1.54) is 17.9 Å². The molecule has 1 aliphatic heterocycles. The third kappa shape index (κ3) is 4.20. The minimum atomic E-state index is -4.12. The maximum Gasteiger partial charge on any atom is 0.322 e. The van der Waals surface area contributed by atoms with Gasteiger partial charge in [-0.2, -0.15) is 0 Å². The number of aryl methyl sites for hydroxylation is 2. The first-order valence-corrected chi connectivity index (χ1v) is 11.1. The normalized spacial score (nSPS) is 14.0. The van der Waals surface area contributed by atoms with Gasteiger partial charge in [-0.1, -0.05) is 6.07 Å². The average Bonchev–Trinajstić information content (AvgIpc) is 3.06. The highest BCUT2D eigenvalue weighted by Crippen LogP contribution is 2.34. The third-order valence-electron chi connectivity index (χ3n) is 5.41. The highest BCUT2D eigenvalue weighted by Gasteiger charge is 2.29. The average molecular weight is 450 g/mol. The summed E-state index contributed by atoms with van der Waals surface area (Å²) in [5.74, 6) is -1.70. The predicted octanol–water partition coefficient (Wildman–Crippen LogP) is 3.02. The molecular weight excluding hydrogens is 425 g/mol. The molecule has 2 amide bonds. The number of nitrogens with zero attached hydrogens (tertiary/aromatic N) is 1. The highest BCUT2D eigenvalue weighted by molar-refractivity contribution is 7.92. The van der Waals surface area contributed by atoms with Gasteiger partial charge in [-0.05, 0) is 67.6 Å². The zero-order valence-corrected chi connectivity index (χ0v) is 18.5. The molecule has 10 heteroatoms. The number of aliphatic carboxylic acids is 1. The first kappa shape index (κ1) is 22.5. The van der Waals surface area contributed by atoms with Crippen LogP contribution in [0.4, 0.5) is 20.6 Å². The van der Waals surface area contributed by atoms with Crippen LogP contribution in [-0.2, 0) is 21.2 Å². The number of anilines is 2. The lowest BCUT2D eigenvalue weighted by atomic mass is 9.97. The molecule has 166 valence electrons. The molecule has 0 aromatic heterocycles. The van der Waals surface area contributed by atoms with Crippen LogP contribution in [0.2, 0.25) is 0 Å². The van der Waals surface area contributed by atoms with Crippen molar-refractivity contribution in [2.45, 2.75) is 39.0 Å². The maximum atomic E-state index is 14.5. The number of hydrogen-bond acceptors (Lipinski definition) is 4. The minimum Gasteiger partial charge on any atom is -0.481 e. The molecule has 3 N–H and O–H groups in total. The minimum absolute atomic E-state index is 0.0131. The highest BCUT2D eigenvalue weighted by atomic mass is 32.2. The van der Waals surface area contributed by atoms with E-state index in [-0.39, 0.29) is 34.8 Å². The molecule has 8 nitrogen and oxygen atoms in total. The van der Waals surface area contributed by atoms with E-state index in [0.717, 1.165) is 6.07 Å². The summed E-state index contributed by atoms with van der Waals surface area (Å²) in [6, 6.07) is 3.59. The van der Waals surface area contributed by atoms with Crippen molar-refractivity contribution >= 4 is 33.4 Å². The molecule has 2 aromatic rings. The van der Waals surface area contributed by atoms with Gasteiger partial charge in [0.05, 0.1) is 22.7 Å². The summed E-state index contributed by atoms with van der Waals surface area (Å²) in [6.07, 6.45) is -0.301. The van der Waals surface area contributed by atoms with Crippen molar-refractivity contribution in [1.82, 2.24) is 5.32 Å². The molecule has 1 fully saturated rings. The van der Waals surface area contributed by atoms with Gasteiger partial charge in [0.1, 0.15) is 5.82 Å². The molecule has 0 spiro atoms. The Kier molecular flexibility index (Phi) is 5.95. The predicted molar refractivity (Wildman–Crippen MR) is 115 cm³/mol. The van der Waals surface area contributed by atoms with E-state index in [4.69, 9.17) is 0 Å². The number of benzene rings is 2. The van der Waals surface area contributed by atoms with E-state index < -0.39 is 27.8 Å². The van der Waals surface area contributed by atoms with Crippen molar-refractivity contribution in [3.05, 3.63) is 51.8 Å². The molecule has 1 aliphatic rings. The fraction of sp³-hybridized carbons (Fsp3) is 0.333. The van der Waals surface area contributed by atoms with Crippen LogP contribution >= 0.6 is 0 Å². The number of urea groups is 1. The zero-order valence-electron chi connectivity index (χ0n) is 17.7. The van der Waals surface area contributed by atoms with Crippen LogP contribution in [0.3, 0.4) is 0 Å². The summed E-state index contributed by atoms with van der Waals surface area (Å²) in [6.45, 7) is 7.11. The fourth-order valence-corrected chi connectivity index (χ4v) is 5.65. The lowest BCUT2D eigenvalue weighted by Gasteiger charge is -2.22. The van der Waals surface area contributed by atoms with Gasteiger partial charge in [0.2, 0.25) is 0 Å². The molecule has 0 bridgehead atoms. The molecule has 31 heavy (non-hydrogen) atoms. The van der Waals surface area contributed by atoms with E-state index in [0.29, 0.717) is 28.8 Å². The first-order valence-electron chi connectivity index (χ1n) is 9.62. The van der Waals surface area contributed by atoms with Crippen molar-refractivity contribution < 1.29 is 27.5 Å². The molecule has 0 saturated carbocycles. The van der Waals surface area contributed by atoms with Crippen LogP contribution in [-0.4, -0.2) is 38.6 Å². The lowest BCUT2D eigenvalue weighted by molar-refractivity contribution is -0.136. The Morgan fingerprint density at radius 2 is 1.87 bits per heavy atom. The molecule has 0 atom stereocenters. The number of nitrogens with one attached hydrogen (secondary N) is 2. The van der Waals surface area contributed by atoms with Crippen molar-refractivity contribution in [3.8, 4) is 0 Å². The summed E-state index contributed by atoms with van der Waals surface area (Å²) in [5, 5.41) is 11.8. The van der Waals surface area contributed by atoms with E-state index in [9.17, 15) is 27.5 Å². The van der Waals surface area contributed by atoms with Crippen molar-refractivity contribution in [3.63, 3.8) is 0 Å². The van der Waals surface area contributed by atoms with Crippen LogP contribution in [0, 0.1) is 33.5 Å². The van der Waals surface area contributed by atoms with E-state index in [1.807, 2.05) is 0 Å². The second-order valence-electron chi connectivity index (χ2n) is 7.57. The van der Waals surface area contributed by atoms with Crippen molar-refractivity contribution in [2.75, 3.05) is 22.7 Å². The molecule has 1 heterocycles. The Hall–Kier alpha value is -3.14. The topological polar surface area (TPSA) is 116 Å². The number of carbonyl (C=O) groups is 2. The van der Waals surface area contributed by atoms with Crippen LogP contribution < -0.4 is 14.9 Å². The maximum absolute atomic E-state index is 14.5. The Morgan fingerprint density at radius 1 is 1.19 bits per heavy atom. The quantitative estimate of drug-likeness (QED) is 0.627. The van der Waals surface area contributed by atoms with E-state index in [2.05, 4.69) is 10.0 Å². The second-order valence-corrected chi connectivity index (χ2v) is 9.19. The zero-order chi connectivity index (χ0) is 23.1. The standard InChI is InChI=1S/C21H24FN3O5S/c1-11-9-12(2)20(13(3)15(11)10-18(26)27)31(29,30)24-17-6-5-16(22)19(14(17)4)25-8-7-23-21(25)28/h5-6,9,24H,7-8,10H2,1-4H3,(H,23,28)(H,26,27). The number of carbonyl (C=O) groups excluding carboxylic acids is 1. The lowest BCUT2D eigenvalue weighted by Crippen LogP contribution is -2.29. The number of carboxylic acids is 1. The molecular formula is C21H24FN3O5S. The summed E-state index contributed by atoms with van der Waals surface area (Å²) >= 11 is 0. The molecule has 0 radical (unpaired) electrons. The number of sulfonamides is 1. The molecule has 3 rings (SSSR count). The molecule has 0 unspecified atom stereocenters. The number of halogens is 1. The Labute approximate surface area is 180 Å². The Morgan fingerprint density at radius 3 is 2.45 bits per heavy atom. The van der Waals surface area contributed by atoms with Gasteiger partial charge < -0.3 is 10.4 Å². The number of rotatable bonds is 6. The van der Waals surface area contributed by atoms with Gasteiger partial charge in [-0.3, -0.25) is 14.4 Å². The largest absolute Gasteiger partial charge is 0.481 e. The SMILES string of the molecule is Cc1cc(C)c(S(=O)(=O)Nc2ccc(F)c(N3CCNC3=O)c2C)c(C)c1CC(=O)O. The fourth-order valence-electron chi connectivity index (χ4n) is 4.03. The smallest absolute Gasteiger partial charge is 0.322 e. The van der Waals surface area contributed by atoms with Gasteiger partial charge in [0, 0.05) is 13.1 Å². The van der Waals surface area contributed by atoms with Crippen LogP contribution in [0.1, 0.15) is 27.8 Å². The summed E-state index contributed by atoms with van der Waals surface area (Å²) in [7, 11) is -4.12. The van der Waals surface area contributed by atoms with Gasteiger partial charge in [-0.15, -0.1) is 0 Å². The Bertz CT molecular complexity index is 1190. The molecule has 0 aliphatic carbocycles. The van der Waals surface area contributed by atoms with Crippen LogP contribution in [0.15, 0.2) is 23.1 Å². The summed E-state index contributed by atoms with van der Waals surface area (Å²) in [4.78, 5) is 24.5. The summed E-state index contributed by atoms with van der Waals surface area (Å²) < 4.78 is 43.6.